The van der Waals surface area contributed by atoms with Crippen LogP contribution in [0.1, 0.15) is 12.0 Å². The molecule has 1 heterocycles. The highest BCUT2D eigenvalue weighted by Gasteiger charge is 2.20. The molecular formula is C16H26Cl2N2O2. The van der Waals surface area contributed by atoms with Gasteiger partial charge in [-0.15, -0.1) is 24.8 Å². The molecule has 1 aliphatic heterocycles. The van der Waals surface area contributed by atoms with Crippen molar-refractivity contribution in [1.29, 1.82) is 0 Å². The summed E-state index contributed by atoms with van der Waals surface area (Å²) in [6, 6.07) is 8.44. The average molecular weight is 349 g/mol. The van der Waals surface area contributed by atoms with Gasteiger partial charge in [-0.3, -0.25) is 4.90 Å². The van der Waals surface area contributed by atoms with Crippen molar-refractivity contribution in [3.05, 3.63) is 35.9 Å². The van der Waals surface area contributed by atoms with Crippen LogP contribution in [0.5, 0.6) is 5.75 Å². The van der Waals surface area contributed by atoms with Gasteiger partial charge in [0.15, 0.2) is 0 Å². The van der Waals surface area contributed by atoms with Crippen LogP contribution in [0, 0.1) is 0 Å². The maximum absolute atomic E-state index is 9.12. The minimum atomic E-state index is 0. The summed E-state index contributed by atoms with van der Waals surface area (Å²) in [4.78, 5) is 2.42. The highest BCUT2D eigenvalue weighted by atomic mass is 35.5. The number of aliphatic hydroxyl groups excluding tert-OH is 1. The van der Waals surface area contributed by atoms with E-state index in [2.05, 4.69) is 28.4 Å². The lowest BCUT2D eigenvalue weighted by atomic mass is 10.1. The second kappa shape index (κ2) is 11.7. The Kier molecular flexibility index (Phi) is 11.3. The van der Waals surface area contributed by atoms with Crippen LogP contribution in [0.25, 0.3) is 6.08 Å². The third kappa shape index (κ3) is 6.15. The van der Waals surface area contributed by atoms with Crippen molar-refractivity contribution in [2.75, 3.05) is 39.9 Å². The molecule has 126 valence electrons. The van der Waals surface area contributed by atoms with E-state index in [0.717, 1.165) is 43.9 Å². The zero-order valence-electron chi connectivity index (χ0n) is 12.9. The molecule has 1 aromatic rings. The molecule has 0 amide bonds. The lowest BCUT2D eigenvalue weighted by Crippen LogP contribution is -2.51. The van der Waals surface area contributed by atoms with Crippen molar-refractivity contribution < 1.29 is 9.84 Å². The van der Waals surface area contributed by atoms with Gasteiger partial charge in [0.2, 0.25) is 0 Å². The molecule has 1 aliphatic rings. The quantitative estimate of drug-likeness (QED) is 0.827. The molecule has 0 aromatic heterocycles. The first-order chi connectivity index (χ1) is 9.85. The van der Waals surface area contributed by atoms with Gasteiger partial charge in [0, 0.05) is 44.4 Å². The average Bonchev–Trinajstić information content (AvgIpc) is 2.50. The molecule has 2 rings (SSSR count). The van der Waals surface area contributed by atoms with E-state index in [9.17, 15) is 0 Å². The molecule has 0 aliphatic carbocycles. The number of para-hydroxylation sites is 1. The summed E-state index contributed by atoms with van der Waals surface area (Å²) < 4.78 is 5.34. The Bertz CT molecular complexity index is 442. The predicted octanol–water partition coefficient (Wildman–Crippen LogP) is 2.21. The van der Waals surface area contributed by atoms with Gasteiger partial charge in [-0.1, -0.05) is 30.4 Å². The fourth-order valence-corrected chi connectivity index (χ4v) is 2.60. The Morgan fingerprint density at radius 2 is 2.14 bits per heavy atom. The van der Waals surface area contributed by atoms with Gasteiger partial charge >= 0.3 is 0 Å². The lowest BCUT2D eigenvalue weighted by molar-refractivity contribution is 0.143. The number of ether oxygens (including phenoxy) is 1. The number of aliphatic hydroxyl groups is 1. The molecule has 2 N–H and O–H groups in total. The summed E-state index contributed by atoms with van der Waals surface area (Å²) in [7, 11) is 1.69. The van der Waals surface area contributed by atoms with E-state index in [1.807, 2.05) is 18.2 Å². The van der Waals surface area contributed by atoms with Crippen LogP contribution in [0.2, 0.25) is 0 Å². The van der Waals surface area contributed by atoms with Crippen LogP contribution in [-0.2, 0) is 0 Å². The topological polar surface area (TPSA) is 44.7 Å². The van der Waals surface area contributed by atoms with Crippen LogP contribution >= 0.6 is 24.8 Å². The van der Waals surface area contributed by atoms with Gasteiger partial charge in [-0.2, -0.15) is 0 Å². The summed E-state index contributed by atoms with van der Waals surface area (Å²) in [5, 5.41) is 12.5. The third-order valence-electron chi connectivity index (χ3n) is 3.71. The van der Waals surface area contributed by atoms with Crippen molar-refractivity contribution in [2.45, 2.75) is 12.5 Å². The van der Waals surface area contributed by atoms with Crippen molar-refractivity contribution in [1.82, 2.24) is 10.2 Å². The number of hydrogen-bond acceptors (Lipinski definition) is 4. The SMILES string of the molecule is COc1ccccc1/C=C/CN1CCNCC1CCO.Cl.Cl. The van der Waals surface area contributed by atoms with Gasteiger partial charge < -0.3 is 15.2 Å². The molecule has 1 saturated heterocycles. The van der Waals surface area contributed by atoms with Gasteiger partial charge in [-0.25, -0.2) is 0 Å². The van der Waals surface area contributed by atoms with Crippen molar-refractivity contribution >= 4 is 30.9 Å². The van der Waals surface area contributed by atoms with E-state index in [1.54, 1.807) is 7.11 Å². The van der Waals surface area contributed by atoms with E-state index in [-0.39, 0.29) is 31.4 Å². The maximum atomic E-state index is 9.12. The number of piperazine rings is 1. The number of hydrogen-bond donors (Lipinski definition) is 2. The summed E-state index contributed by atoms with van der Waals surface area (Å²) >= 11 is 0. The first-order valence-corrected chi connectivity index (χ1v) is 7.20. The molecule has 1 aromatic carbocycles. The first kappa shape index (κ1) is 21.2. The normalized spacial score (nSPS) is 18.5. The molecule has 1 unspecified atom stereocenters. The molecule has 0 bridgehead atoms. The Morgan fingerprint density at radius 1 is 1.36 bits per heavy atom. The zero-order valence-corrected chi connectivity index (χ0v) is 14.5. The molecule has 0 radical (unpaired) electrons. The Balaban J connectivity index is 0.00000220. The summed E-state index contributed by atoms with van der Waals surface area (Å²) in [6.07, 6.45) is 5.11. The fraction of sp³-hybridized carbons (Fsp3) is 0.500. The first-order valence-electron chi connectivity index (χ1n) is 7.20. The van der Waals surface area contributed by atoms with E-state index < -0.39 is 0 Å². The van der Waals surface area contributed by atoms with Crippen LogP contribution in [0.4, 0.5) is 0 Å². The van der Waals surface area contributed by atoms with Gasteiger partial charge in [0.25, 0.3) is 0 Å². The zero-order chi connectivity index (χ0) is 14.2. The number of benzene rings is 1. The standard InChI is InChI=1S/C16H24N2O2.2ClH/c1-20-16-7-3-2-5-14(16)6-4-10-18-11-9-17-13-15(18)8-12-19;;/h2-7,15,17,19H,8-13H2,1H3;2*1H/b6-4+;;. The number of halogens is 2. The van der Waals surface area contributed by atoms with Crippen LogP contribution < -0.4 is 10.1 Å². The Hall–Kier alpha value is -0.780. The molecule has 0 saturated carbocycles. The van der Waals surface area contributed by atoms with E-state index in [4.69, 9.17) is 9.84 Å². The smallest absolute Gasteiger partial charge is 0.126 e. The van der Waals surface area contributed by atoms with Gasteiger partial charge in [-0.05, 0) is 12.5 Å². The van der Waals surface area contributed by atoms with Crippen LogP contribution in [0.15, 0.2) is 30.3 Å². The predicted molar refractivity (Wildman–Crippen MR) is 96.5 cm³/mol. The summed E-state index contributed by atoms with van der Waals surface area (Å²) in [5.41, 5.74) is 1.10. The third-order valence-corrected chi connectivity index (χ3v) is 3.71. The molecule has 6 heteroatoms. The molecular weight excluding hydrogens is 323 g/mol. The Labute approximate surface area is 145 Å². The van der Waals surface area contributed by atoms with E-state index >= 15 is 0 Å². The number of nitrogens with zero attached hydrogens (tertiary/aromatic N) is 1. The number of nitrogens with one attached hydrogen (secondary N) is 1. The van der Waals surface area contributed by atoms with Crippen molar-refractivity contribution in [2.24, 2.45) is 0 Å². The van der Waals surface area contributed by atoms with E-state index in [0.29, 0.717) is 6.04 Å². The minimum absolute atomic E-state index is 0. The maximum Gasteiger partial charge on any atom is 0.126 e. The molecule has 1 fully saturated rings. The second-order valence-electron chi connectivity index (χ2n) is 5.01. The van der Waals surface area contributed by atoms with Crippen molar-refractivity contribution in [3.63, 3.8) is 0 Å². The second-order valence-corrected chi connectivity index (χ2v) is 5.01. The molecule has 4 nitrogen and oxygen atoms in total. The van der Waals surface area contributed by atoms with E-state index in [1.165, 1.54) is 0 Å². The number of rotatable bonds is 6. The fourth-order valence-electron chi connectivity index (χ4n) is 2.60. The highest BCUT2D eigenvalue weighted by molar-refractivity contribution is 5.85. The van der Waals surface area contributed by atoms with Gasteiger partial charge in [0.05, 0.1) is 7.11 Å². The summed E-state index contributed by atoms with van der Waals surface area (Å²) in [6.45, 7) is 4.16. The Morgan fingerprint density at radius 3 is 2.86 bits per heavy atom. The lowest BCUT2D eigenvalue weighted by Gasteiger charge is -2.35. The largest absolute Gasteiger partial charge is 0.496 e. The van der Waals surface area contributed by atoms with Gasteiger partial charge in [0.1, 0.15) is 5.75 Å². The molecule has 22 heavy (non-hydrogen) atoms. The van der Waals surface area contributed by atoms with Crippen LogP contribution in [0.3, 0.4) is 0 Å². The van der Waals surface area contributed by atoms with Crippen molar-refractivity contribution in [3.8, 4) is 5.75 Å². The minimum Gasteiger partial charge on any atom is -0.496 e. The van der Waals surface area contributed by atoms with Crippen LogP contribution in [-0.4, -0.2) is 55.9 Å². The number of methoxy groups -OCH3 is 1. The monoisotopic (exact) mass is 348 g/mol. The highest BCUT2D eigenvalue weighted by Crippen LogP contribution is 2.18. The molecule has 1 atom stereocenters. The molecule has 0 spiro atoms. The summed E-state index contributed by atoms with van der Waals surface area (Å²) in [5.74, 6) is 0.899.